The van der Waals surface area contributed by atoms with Gasteiger partial charge in [-0.2, -0.15) is 0 Å². The van der Waals surface area contributed by atoms with E-state index in [1.807, 2.05) is 0 Å². The zero-order valence-electron chi connectivity index (χ0n) is 15.4. The monoisotopic (exact) mass is 483 g/mol. The molecule has 3 N–H and O–H groups in total. The Morgan fingerprint density at radius 3 is 2.37 bits per heavy atom. The Kier molecular flexibility index (Phi) is 6.67. The van der Waals surface area contributed by atoms with Gasteiger partial charge in [0, 0.05) is 12.6 Å². The van der Waals surface area contributed by atoms with E-state index >= 15 is 0 Å². The van der Waals surface area contributed by atoms with Crippen molar-refractivity contribution < 1.29 is 18.0 Å². The second-order valence-corrected chi connectivity index (χ2v) is 9.58. The molecule has 0 unspecified atom stereocenters. The number of benzene rings is 2. The lowest BCUT2D eigenvalue weighted by atomic mass is 10.3. The summed E-state index contributed by atoms with van der Waals surface area (Å²) in [5, 5.41) is 5.95. The summed E-state index contributed by atoms with van der Waals surface area (Å²) in [7, 11) is -4.06. The molecular formula is C19H15Cl2N3O4S2. The summed E-state index contributed by atoms with van der Waals surface area (Å²) in [6, 6.07) is 13.6. The summed E-state index contributed by atoms with van der Waals surface area (Å²) in [6.45, 7) is 1.37. The van der Waals surface area contributed by atoms with Gasteiger partial charge in [-0.1, -0.05) is 35.3 Å². The van der Waals surface area contributed by atoms with E-state index in [4.69, 9.17) is 23.2 Å². The van der Waals surface area contributed by atoms with Gasteiger partial charge in [0.25, 0.3) is 15.9 Å². The molecule has 0 bridgehead atoms. The van der Waals surface area contributed by atoms with Crippen LogP contribution >= 0.6 is 34.5 Å². The molecule has 0 saturated heterocycles. The van der Waals surface area contributed by atoms with E-state index < -0.39 is 15.9 Å². The summed E-state index contributed by atoms with van der Waals surface area (Å²) < 4.78 is 27.9. The van der Waals surface area contributed by atoms with Gasteiger partial charge in [0.2, 0.25) is 5.91 Å². The van der Waals surface area contributed by atoms with Crippen LogP contribution in [-0.2, 0) is 14.8 Å². The van der Waals surface area contributed by atoms with E-state index in [0.717, 1.165) is 11.3 Å². The molecule has 0 atom stereocenters. The number of carbonyl (C=O) groups is 2. The molecule has 3 rings (SSSR count). The molecule has 0 spiro atoms. The van der Waals surface area contributed by atoms with Crippen molar-refractivity contribution in [3.05, 3.63) is 69.5 Å². The second kappa shape index (κ2) is 9.05. The standard InChI is InChI=1S/C19H15Cl2N3O4S2/c1-11(25)22-18-9-8-16(29-18)19(26)23-12-6-7-14(21)17(10-12)30(27,28)24-15-5-3-2-4-13(15)20/h2-10,24H,1H3,(H,22,25)(H,23,26). The highest BCUT2D eigenvalue weighted by molar-refractivity contribution is 7.92. The highest BCUT2D eigenvalue weighted by Crippen LogP contribution is 2.30. The highest BCUT2D eigenvalue weighted by atomic mass is 35.5. The molecule has 30 heavy (non-hydrogen) atoms. The molecule has 1 heterocycles. The summed E-state index contributed by atoms with van der Waals surface area (Å²) >= 11 is 13.2. The second-order valence-electron chi connectivity index (χ2n) is 6.03. The minimum Gasteiger partial charge on any atom is -0.321 e. The fourth-order valence-corrected chi connectivity index (χ4v) is 5.12. The largest absolute Gasteiger partial charge is 0.321 e. The van der Waals surface area contributed by atoms with Crippen molar-refractivity contribution in [1.29, 1.82) is 0 Å². The molecule has 1 aromatic heterocycles. The van der Waals surface area contributed by atoms with Crippen molar-refractivity contribution >= 4 is 72.8 Å². The lowest BCUT2D eigenvalue weighted by Gasteiger charge is -2.12. The van der Waals surface area contributed by atoms with Gasteiger partial charge in [0.05, 0.1) is 25.6 Å². The molecule has 0 aliphatic carbocycles. The molecule has 0 saturated carbocycles. The summed E-state index contributed by atoms with van der Waals surface area (Å²) in [5.74, 6) is -0.705. The van der Waals surface area contributed by atoms with E-state index in [0.29, 0.717) is 9.88 Å². The SMILES string of the molecule is CC(=O)Nc1ccc(C(=O)Nc2ccc(Cl)c(S(=O)(=O)Nc3ccccc3Cl)c2)s1. The molecule has 0 radical (unpaired) electrons. The molecule has 2 amide bonds. The lowest BCUT2D eigenvalue weighted by molar-refractivity contribution is -0.114. The van der Waals surface area contributed by atoms with Crippen molar-refractivity contribution in [2.24, 2.45) is 0 Å². The Hall–Kier alpha value is -2.59. The van der Waals surface area contributed by atoms with Crippen molar-refractivity contribution in [2.45, 2.75) is 11.8 Å². The lowest BCUT2D eigenvalue weighted by Crippen LogP contribution is -2.15. The van der Waals surface area contributed by atoms with Crippen LogP contribution in [0.2, 0.25) is 10.0 Å². The van der Waals surface area contributed by atoms with Gasteiger partial charge in [-0.25, -0.2) is 8.42 Å². The molecule has 3 aromatic rings. The Balaban J connectivity index is 1.82. The third-order valence-corrected chi connectivity index (χ3v) is 6.90. The van der Waals surface area contributed by atoms with Crippen LogP contribution in [0.1, 0.15) is 16.6 Å². The van der Waals surface area contributed by atoms with Gasteiger partial charge in [-0.05, 0) is 42.5 Å². The maximum atomic E-state index is 12.8. The number of sulfonamides is 1. The van der Waals surface area contributed by atoms with Crippen LogP contribution in [0.5, 0.6) is 0 Å². The molecule has 2 aromatic carbocycles. The third-order valence-electron chi connectivity index (χ3n) is 3.73. The first-order valence-electron chi connectivity index (χ1n) is 8.41. The molecule has 0 aliphatic heterocycles. The Labute approximate surface area is 187 Å². The van der Waals surface area contributed by atoms with Crippen molar-refractivity contribution in [3.8, 4) is 0 Å². The number of nitrogens with one attached hydrogen (secondary N) is 3. The summed E-state index contributed by atoms with van der Waals surface area (Å²) in [6.07, 6.45) is 0. The van der Waals surface area contributed by atoms with Gasteiger partial charge in [-0.3, -0.25) is 14.3 Å². The number of para-hydroxylation sites is 1. The van der Waals surface area contributed by atoms with E-state index in [1.54, 1.807) is 30.3 Å². The first-order chi connectivity index (χ1) is 14.2. The average Bonchev–Trinajstić information content (AvgIpc) is 3.13. The minimum absolute atomic E-state index is 0.0170. The van der Waals surface area contributed by atoms with Crippen LogP contribution in [0.15, 0.2) is 59.5 Å². The zero-order valence-corrected chi connectivity index (χ0v) is 18.5. The molecule has 7 nitrogen and oxygen atoms in total. The number of carbonyl (C=O) groups excluding carboxylic acids is 2. The first kappa shape index (κ1) is 22.1. The van der Waals surface area contributed by atoms with Gasteiger partial charge < -0.3 is 10.6 Å². The fraction of sp³-hybridized carbons (Fsp3) is 0.0526. The number of hydrogen-bond acceptors (Lipinski definition) is 5. The predicted molar refractivity (Wildman–Crippen MR) is 120 cm³/mol. The molecule has 156 valence electrons. The predicted octanol–water partition coefficient (Wildman–Crippen LogP) is 5.07. The van der Waals surface area contributed by atoms with E-state index in [2.05, 4.69) is 15.4 Å². The minimum atomic E-state index is -4.06. The Bertz CT molecular complexity index is 1230. The molecule has 0 fully saturated rings. The van der Waals surface area contributed by atoms with Crippen LogP contribution in [0.3, 0.4) is 0 Å². The number of amides is 2. The number of thiophene rings is 1. The van der Waals surface area contributed by atoms with Gasteiger partial charge >= 0.3 is 0 Å². The maximum absolute atomic E-state index is 12.8. The first-order valence-corrected chi connectivity index (χ1v) is 11.5. The average molecular weight is 484 g/mol. The summed E-state index contributed by atoms with van der Waals surface area (Å²) in [5.41, 5.74) is 0.437. The third kappa shape index (κ3) is 5.31. The molecule has 11 heteroatoms. The van der Waals surface area contributed by atoms with Crippen LogP contribution < -0.4 is 15.4 Å². The number of rotatable bonds is 6. The maximum Gasteiger partial charge on any atom is 0.265 e. The Morgan fingerprint density at radius 1 is 0.933 bits per heavy atom. The van der Waals surface area contributed by atoms with Crippen LogP contribution in [0, 0.1) is 0 Å². The quantitative estimate of drug-likeness (QED) is 0.455. The number of halogens is 2. The van der Waals surface area contributed by atoms with E-state index in [1.165, 1.54) is 31.2 Å². The van der Waals surface area contributed by atoms with Crippen LogP contribution in [-0.4, -0.2) is 20.2 Å². The van der Waals surface area contributed by atoms with Gasteiger partial charge in [0.15, 0.2) is 0 Å². The zero-order chi connectivity index (χ0) is 21.9. The highest BCUT2D eigenvalue weighted by Gasteiger charge is 2.21. The smallest absolute Gasteiger partial charge is 0.265 e. The fourth-order valence-electron chi connectivity index (χ4n) is 2.42. The van der Waals surface area contributed by atoms with E-state index in [-0.39, 0.29) is 32.2 Å². The normalized spacial score (nSPS) is 11.0. The van der Waals surface area contributed by atoms with Gasteiger partial charge in [0.1, 0.15) is 4.90 Å². The van der Waals surface area contributed by atoms with Crippen LogP contribution in [0.4, 0.5) is 16.4 Å². The molecule has 0 aliphatic rings. The van der Waals surface area contributed by atoms with E-state index in [9.17, 15) is 18.0 Å². The number of hydrogen-bond donors (Lipinski definition) is 3. The van der Waals surface area contributed by atoms with Crippen LogP contribution in [0.25, 0.3) is 0 Å². The summed E-state index contributed by atoms with van der Waals surface area (Å²) in [4.78, 5) is 23.7. The van der Waals surface area contributed by atoms with Crippen molar-refractivity contribution in [3.63, 3.8) is 0 Å². The Morgan fingerprint density at radius 2 is 1.67 bits per heavy atom. The van der Waals surface area contributed by atoms with Crippen molar-refractivity contribution in [1.82, 2.24) is 0 Å². The topological polar surface area (TPSA) is 104 Å². The van der Waals surface area contributed by atoms with Gasteiger partial charge in [-0.15, -0.1) is 11.3 Å². The number of anilines is 3. The molecular weight excluding hydrogens is 469 g/mol. The van der Waals surface area contributed by atoms with Crippen molar-refractivity contribution in [2.75, 3.05) is 15.4 Å².